The van der Waals surface area contributed by atoms with Crippen molar-refractivity contribution in [3.63, 3.8) is 0 Å². The molecule has 0 spiro atoms. The molecule has 1 aromatic rings. The molecule has 0 radical (unpaired) electrons. The molecule has 0 aliphatic carbocycles. The van der Waals surface area contributed by atoms with E-state index in [-0.39, 0.29) is 11.9 Å². The summed E-state index contributed by atoms with van der Waals surface area (Å²) < 4.78 is 9.79. The van der Waals surface area contributed by atoms with Crippen LogP contribution in [0.2, 0.25) is 0 Å². The molecule has 1 aliphatic rings. The van der Waals surface area contributed by atoms with Crippen LogP contribution in [0.5, 0.6) is 0 Å². The predicted octanol–water partition coefficient (Wildman–Crippen LogP) is 0.909. The molecule has 0 atom stereocenters. The molecule has 0 bridgehead atoms. The third-order valence-electron chi connectivity index (χ3n) is 3.61. The second-order valence-electron chi connectivity index (χ2n) is 4.85. The molecule has 1 fully saturated rings. The van der Waals surface area contributed by atoms with Gasteiger partial charge in [0.2, 0.25) is 0 Å². The average molecular weight is 280 g/mol. The van der Waals surface area contributed by atoms with Crippen LogP contribution in [0.15, 0.2) is 16.7 Å². The zero-order valence-corrected chi connectivity index (χ0v) is 11.9. The summed E-state index contributed by atoms with van der Waals surface area (Å²) in [6.45, 7) is 5.37. The highest BCUT2D eigenvalue weighted by Gasteiger charge is 2.24. The number of rotatable bonds is 4. The second-order valence-corrected chi connectivity index (χ2v) is 4.85. The Morgan fingerprint density at radius 2 is 2.00 bits per heavy atom. The molecular weight excluding hydrogens is 260 g/mol. The number of amides is 1. The van der Waals surface area contributed by atoms with E-state index in [9.17, 15) is 9.59 Å². The maximum atomic E-state index is 12.3. The van der Waals surface area contributed by atoms with Gasteiger partial charge in [-0.15, -0.1) is 0 Å². The van der Waals surface area contributed by atoms with Crippen LogP contribution in [0, 0.1) is 6.92 Å². The Hall–Kier alpha value is -1.82. The molecule has 1 aromatic heterocycles. The number of methoxy groups -OCH3 is 1. The van der Waals surface area contributed by atoms with Gasteiger partial charge in [0.1, 0.15) is 5.76 Å². The number of carbonyl (C=O) groups is 2. The van der Waals surface area contributed by atoms with Gasteiger partial charge in [0.25, 0.3) is 5.91 Å². The summed E-state index contributed by atoms with van der Waals surface area (Å²) in [6, 6.07) is 1.71. The summed E-state index contributed by atoms with van der Waals surface area (Å²) in [6.07, 6.45) is 1.93. The van der Waals surface area contributed by atoms with Crippen molar-refractivity contribution in [1.29, 1.82) is 0 Å². The van der Waals surface area contributed by atoms with Crippen molar-refractivity contribution in [1.82, 2.24) is 9.80 Å². The van der Waals surface area contributed by atoms with E-state index in [1.807, 2.05) is 4.90 Å². The SMILES string of the molecule is COC(=O)CCN1CCN(C(=O)c2ccoc2C)CC1. The van der Waals surface area contributed by atoms with Crippen molar-refractivity contribution < 1.29 is 18.7 Å². The standard InChI is InChI=1S/C14H20N2O4/c1-11-12(4-10-20-11)14(18)16-8-6-15(7-9-16)5-3-13(17)19-2/h4,10H,3,5-9H2,1-2H3. The van der Waals surface area contributed by atoms with Crippen molar-refractivity contribution in [2.75, 3.05) is 39.8 Å². The maximum Gasteiger partial charge on any atom is 0.306 e. The highest BCUT2D eigenvalue weighted by Crippen LogP contribution is 2.14. The van der Waals surface area contributed by atoms with Gasteiger partial charge in [-0.05, 0) is 13.0 Å². The number of aryl methyl sites for hydroxylation is 1. The number of ether oxygens (including phenoxy) is 1. The second kappa shape index (κ2) is 6.56. The molecule has 6 heteroatoms. The van der Waals surface area contributed by atoms with Gasteiger partial charge < -0.3 is 14.1 Å². The molecule has 6 nitrogen and oxygen atoms in total. The van der Waals surface area contributed by atoms with E-state index in [0.29, 0.717) is 37.4 Å². The summed E-state index contributed by atoms with van der Waals surface area (Å²) in [5, 5.41) is 0. The zero-order valence-electron chi connectivity index (χ0n) is 11.9. The van der Waals surface area contributed by atoms with E-state index in [4.69, 9.17) is 4.42 Å². The van der Waals surface area contributed by atoms with Crippen molar-refractivity contribution >= 4 is 11.9 Å². The first-order valence-corrected chi connectivity index (χ1v) is 6.74. The monoisotopic (exact) mass is 280 g/mol. The lowest BCUT2D eigenvalue weighted by Gasteiger charge is -2.34. The van der Waals surface area contributed by atoms with Gasteiger partial charge in [0.05, 0.1) is 25.4 Å². The van der Waals surface area contributed by atoms with Gasteiger partial charge in [0, 0.05) is 32.7 Å². The molecule has 110 valence electrons. The van der Waals surface area contributed by atoms with E-state index >= 15 is 0 Å². The van der Waals surface area contributed by atoms with E-state index in [0.717, 1.165) is 13.1 Å². The summed E-state index contributed by atoms with van der Waals surface area (Å²) >= 11 is 0. The highest BCUT2D eigenvalue weighted by molar-refractivity contribution is 5.95. The number of carbonyl (C=O) groups excluding carboxylic acids is 2. The molecule has 0 saturated carbocycles. The molecule has 1 aliphatic heterocycles. The molecule has 0 aromatic carbocycles. The number of piperazine rings is 1. The van der Waals surface area contributed by atoms with E-state index in [1.54, 1.807) is 13.0 Å². The maximum absolute atomic E-state index is 12.3. The number of esters is 1. The fraction of sp³-hybridized carbons (Fsp3) is 0.571. The number of hydrogen-bond acceptors (Lipinski definition) is 5. The van der Waals surface area contributed by atoms with Gasteiger partial charge in [0.15, 0.2) is 0 Å². The van der Waals surface area contributed by atoms with Crippen LogP contribution in [0.3, 0.4) is 0 Å². The zero-order chi connectivity index (χ0) is 14.5. The highest BCUT2D eigenvalue weighted by atomic mass is 16.5. The Kier molecular flexibility index (Phi) is 4.79. The van der Waals surface area contributed by atoms with E-state index in [1.165, 1.54) is 13.4 Å². The van der Waals surface area contributed by atoms with Crippen LogP contribution >= 0.6 is 0 Å². The number of nitrogens with zero attached hydrogens (tertiary/aromatic N) is 2. The smallest absolute Gasteiger partial charge is 0.306 e. The van der Waals surface area contributed by atoms with Gasteiger partial charge >= 0.3 is 5.97 Å². The third kappa shape index (κ3) is 3.39. The van der Waals surface area contributed by atoms with Crippen LogP contribution in [0.1, 0.15) is 22.5 Å². The molecule has 2 rings (SSSR count). The minimum absolute atomic E-state index is 0.0175. The Morgan fingerprint density at radius 3 is 2.55 bits per heavy atom. The minimum Gasteiger partial charge on any atom is -0.469 e. The normalized spacial score (nSPS) is 16.2. The summed E-state index contributed by atoms with van der Waals surface area (Å²) in [5.74, 6) is 0.476. The number of hydrogen-bond donors (Lipinski definition) is 0. The van der Waals surface area contributed by atoms with Crippen LogP contribution in [0.4, 0.5) is 0 Å². The van der Waals surface area contributed by atoms with Crippen molar-refractivity contribution in [3.8, 4) is 0 Å². The first-order chi connectivity index (χ1) is 9.61. The van der Waals surface area contributed by atoms with Crippen molar-refractivity contribution in [2.45, 2.75) is 13.3 Å². The topological polar surface area (TPSA) is 63.0 Å². The first kappa shape index (κ1) is 14.6. The molecule has 20 heavy (non-hydrogen) atoms. The third-order valence-corrected chi connectivity index (χ3v) is 3.61. The molecule has 2 heterocycles. The predicted molar refractivity (Wildman–Crippen MR) is 72.4 cm³/mol. The molecular formula is C14H20N2O4. The van der Waals surface area contributed by atoms with Gasteiger partial charge in [-0.1, -0.05) is 0 Å². The lowest BCUT2D eigenvalue weighted by atomic mass is 10.2. The van der Waals surface area contributed by atoms with Gasteiger partial charge in [-0.3, -0.25) is 14.5 Å². The Morgan fingerprint density at radius 1 is 1.30 bits per heavy atom. The van der Waals surface area contributed by atoms with Gasteiger partial charge in [-0.25, -0.2) is 0 Å². The summed E-state index contributed by atoms with van der Waals surface area (Å²) in [4.78, 5) is 27.4. The summed E-state index contributed by atoms with van der Waals surface area (Å²) in [7, 11) is 1.40. The van der Waals surface area contributed by atoms with Crippen LogP contribution in [-0.2, 0) is 9.53 Å². The summed E-state index contributed by atoms with van der Waals surface area (Å²) in [5.41, 5.74) is 0.632. The largest absolute Gasteiger partial charge is 0.469 e. The Labute approximate surface area is 118 Å². The lowest BCUT2D eigenvalue weighted by Crippen LogP contribution is -2.49. The van der Waals surface area contributed by atoms with Crippen molar-refractivity contribution in [3.05, 3.63) is 23.7 Å². The van der Waals surface area contributed by atoms with E-state index < -0.39 is 0 Å². The average Bonchev–Trinajstić information content (AvgIpc) is 2.90. The molecule has 0 unspecified atom stereocenters. The molecule has 1 saturated heterocycles. The first-order valence-electron chi connectivity index (χ1n) is 6.74. The van der Waals surface area contributed by atoms with Crippen LogP contribution < -0.4 is 0 Å². The Bertz CT molecular complexity index is 475. The minimum atomic E-state index is -0.197. The lowest BCUT2D eigenvalue weighted by molar-refractivity contribution is -0.141. The van der Waals surface area contributed by atoms with Crippen LogP contribution in [0.25, 0.3) is 0 Å². The fourth-order valence-corrected chi connectivity index (χ4v) is 2.30. The van der Waals surface area contributed by atoms with Crippen LogP contribution in [-0.4, -0.2) is 61.5 Å². The number of furan rings is 1. The molecule has 0 N–H and O–H groups in total. The van der Waals surface area contributed by atoms with Crippen molar-refractivity contribution in [2.24, 2.45) is 0 Å². The van der Waals surface area contributed by atoms with Gasteiger partial charge in [-0.2, -0.15) is 0 Å². The molecule has 1 amide bonds. The quantitative estimate of drug-likeness (QED) is 0.767. The fourth-order valence-electron chi connectivity index (χ4n) is 2.30. The Balaban J connectivity index is 1.81. The van der Waals surface area contributed by atoms with E-state index in [2.05, 4.69) is 9.64 Å².